The number of nitrogens with zero attached hydrogens (tertiary/aromatic N) is 2. The first kappa shape index (κ1) is 21.3. The van der Waals surface area contributed by atoms with Crippen molar-refractivity contribution >= 4 is 11.6 Å². The number of benzene rings is 3. The third-order valence-corrected chi connectivity index (χ3v) is 5.97. The summed E-state index contributed by atoms with van der Waals surface area (Å²) in [5.41, 5.74) is 6.46. The molecule has 0 bridgehead atoms. The Kier molecular flexibility index (Phi) is 6.80. The van der Waals surface area contributed by atoms with Gasteiger partial charge in [0.05, 0.1) is 0 Å². The normalized spacial score (nSPS) is 15.0. The number of hydrogen-bond donors (Lipinski definition) is 1. The third-order valence-electron chi connectivity index (χ3n) is 5.97. The van der Waals surface area contributed by atoms with Gasteiger partial charge in [-0.25, -0.2) is 0 Å². The quantitative estimate of drug-likeness (QED) is 0.626. The molecule has 0 aromatic heterocycles. The first-order valence-corrected chi connectivity index (χ1v) is 11.0. The van der Waals surface area contributed by atoms with E-state index in [0.717, 1.165) is 50.5 Å². The summed E-state index contributed by atoms with van der Waals surface area (Å²) in [5.74, 6) is -0.0620. The standard InChI is InChI=1S/C27H31N3O/c1-21-8-13-26(22(2)18-21)28-27(31)25-11-9-24(10-12-25)20-30-16-14-29(15-17-30)19-23-6-4-3-5-7-23/h3-13,18H,14-17,19-20H2,1-2H3,(H,28,31). The van der Waals surface area contributed by atoms with Crippen LogP contribution in [0.15, 0.2) is 72.8 Å². The zero-order valence-electron chi connectivity index (χ0n) is 18.5. The van der Waals surface area contributed by atoms with Crippen molar-refractivity contribution in [2.45, 2.75) is 26.9 Å². The lowest BCUT2D eigenvalue weighted by Gasteiger charge is -2.34. The summed E-state index contributed by atoms with van der Waals surface area (Å²) < 4.78 is 0. The molecule has 0 saturated carbocycles. The van der Waals surface area contributed by atoms with Gasteiger partial charge >= 0.3 is 0 Å². The van der Waals surface area contributed by atoms with Gasteiger partial charge in [-0.1, -0.05) is 60.2 Å². The number of nitrogens with one attached hydrogen (secondary N) is 1. The molecule has 3 aromatic carbocycles. The molecule has 3 aromatic rings. The summed E-state index contributed by atoms with van der Waals surface area (Å²) in [6, 6.07) is 24.8. The van der Waals surface area contributed by atoms with E-state index >= 15 is 0 Å². The van der Waals surface area contributed by atoms with Gasteiger partial charge in [0.25, 0.3) is 5.91 Å². The van der Waals surface area contributed by atoms with Gasteiger partial charge in [0.1, 0.15) is 0 Å². The predicted molar refractivity (Wildman–Crippen MR) is 127 cm³/mol. The molecule has 1 fully saturated rings. The Morgan fingerprint density at radius 2 is 1.35 bits per heavy atom. The second kappa shape index (κ2) is 9.90. The summed E-state index contributed by atoms with van der Waals surface area (Å²) in [6.45, 7) is 10.4. The largest absolute Gasteiger partial charge is 0.322 e. The van der Waals surface area contributed by atoms with Crippen molar-refractivity contribution < 1.29 is 4.79 Å². The highest BCUT2D eigenvalue weighted by Gasteiger charge is 2.17. The fraction of sp³-hybridized carbons (Fsp3) is 0.296. The fourth-order valence-corrected chi connectivity index (χ4v) is 4.12. The van der Waals surface area contributed by atoms with Crippen LogP contribution in [0, 0.1) is 13.8 Å². The first-order valence-electron chi connectivity index (χ1n) is 11.0. The molecule has 1 heterocycles. The number of aryl methyl sites for hydroxylation is 2. The number of carbonyl (C=O) groups is 1. The van der Waals surface area contributed by atoms with E-state index in [1.54, 1.807) is 0 Å². The van der Waals surface area contributed by atoms with Crippen LogP contribution in [0.3, 0.4) is 0 Å². The Bertz CT molecular complexity index is 1010. The van der Waals surface area contributed by atoms with Crippen LogP contribution in [-0.2, 0) is 13.1 Å². The molecule has 4 nitrogen and oxygen atoms in total. The van der Waals surface area contributed by atoms with E-state index in [1.807, 2.05) is 31.2 Å². The van der Waals surface area contributed by atoms with Crippen LogP contribution in [-0.4, -0.2) is 41.9 Å². The van der Waals surface area contributed by atoms with Crippen molar-refractivity contribution in [3.05, 3.63) is 101 Å². The molecule has 0 spiro atoms. The maximum atomic E-state index is 12.6. The Labute approximate surface area is 185 Å². The maximum absolute atomic E-state index is 12.6. The lowest BCUT2D eigenvalue weighted by molar-refractivity contribution is 0.102. The van der Waals surface area contributed by atoms with E-state index in [2.05, 4.69) is 70.6 Å². The highest BCUT2D eigenvalue weighted by Crippen LogP contribution is 2.18. The smallest absolute Gasteiger partial charge is 0.255 e. The molecular weight excluding hydrogens is 382 g/mol. The number of rotatable bonds is 6. The molecule has 0 atom stereocenters. The molecule has 1 amide bonds. The van der Waals surface area contributed by atoms with Crippen LogP contribution in [0.5, 0.6) is 0 Å². The van der Waals surface area contributed by atoms with E-state index in [4.69, 9.17) is 0 Å². The van der Waals surface area contributed by atoms with Crippen LogP contribution < -0.4 is 5.32 Å². The van der Waals surface area contributed by atoms with Gasteiger partial charge in [0.2, 0.25) is 0 Å². The Balaban J connectivity index is 1.27. The van der Waals surface area contributed by atoms with Gasteiger partial charge in [0.15, 0.2) is 0 Å². The van der Waals surface area contributed by atoms with Crippen LogP contribution in [0.25, 0.3) is 0 Å². The lowest BCUT2D eigenvalue weighted by atomic mass is 10.1. The van der Waals surface area contributed by atoms with Gasteiger partial charge in [-0.2, -0.15) is 0 Å². The first-order chi connectivity index (χ1) is 15.1. The zero-order chi connectivity index (χ0) is 21.6. The molecule has 1 saturated heterocycles. The lowest BCUT2D eigenvalue weighted by Crippen LogP contribution is -2.45. The number of hydrogen-bond acceptors (Lipinski definition) is 3. The summed E-state index contributed by atoms with van der Waals surface area (Å²) in [5, 5.41) is 3.02. The minimum atomic E-state index is -0.0620. The molecule has 0 radical (unpaired) electrons. The summed E-state index contributed by atoms with van der Waals surface area (Å²) >= 11 is 0. The van der Waals surface area contributed by atoms with Crippen molar-refractivity contribution in [2.24, 2.45) is 0 Å². The molecule has 160 valence electrons. The van der Waals surface area contributed by atoms with Crippen molar-refractivity contribution in [2.75, 3.05) is 31.5 Å². The van der Waals surface area contributed by atoms with Gasteiger partial charge in [-0.3, -0.25) is 14.6 Å². The molecule has 0 unspecified atom stereocenters. The monoisotopic (exact) mass is 413 g/mol. The molecule has 4 rings (SSSR count). The summed E-state index contributed by atoms with van der Waals surface area (Å²) in [7, 11) is 0. The van der Waals surface area contributed by atoms with E-state index in [1.165, 1.54) is 16.7 Å². The Morgan fingerprint density at radius 3 is 1.94 bits per heavy atom. The minimum Gasteiger partial charge on any atom is -0.322 e. The number of piperazine rings is 1. The van der Waals surface area contributed by atoms with Gasteiger partial charge in [-0.15, -0.1) is 0 Å². The molecule has 0 aliphatic carbocycles. The second-order valence-electron chi connectivity index (χ2n) is 8.51. The topological polar surface area (TPSA) is 35.6 Å². The molecule has 1 aliphatic heterocycles. The average molecular weight is 414 g/mol. The highest BCUT2D eigenvalue weighted by atomic mass is 16.1. The second-order valence-corrected chi connectivity index (χ2v) is 8.51. The van der Waals surface area contributed by atoms with Gasteiger partial charge in [0, 0.05) is 50.5 Å². The molecule has 1 aliphatic rings. The minimum absolute atomic E-state index is 0.0620. The van der Waals surface area contributed by atoms with Crippen molar-refractivity contribution in [1.82, 2.24) is 9.80 Å². The van der Waals surface area contributed by atoms with E-state index < -0.39 is 0 Å². The maximum Gasteiger partial charge on any atom is 0.255 e. The molecule has 4 heteroatoms. The Hall–Kier alpha value is -2.95. The fourth-order valence-electron chi connectivity index (χ4n) is 4.12. The van der Waals surface area contributed by atoms with Crippen LogP contribution in [0.1, 0.15) is 32.6 Å². The molecular formula is C27H31N3O. The summed E-state index contributed by atoms with van der Waals surface area (Å²) in [4.78, 5) is 17.6. The molecule has 1 N–H and O–H groups in total. The number of carbonyl (C=O) groups excluding carboxylic acids is 1. The Morgan fingerprint density at radius 1 is 0.774 bits per heavy atom. The highest BCUT2D eigenvalue weighted by molar-refractivity contribution is 6.04. The van der Waals surface area contributed by atoms with Gasteiger partial charge in [-0.05, 0) is 48.7 Å². The number of anilines is 1. The van der Waals surface area contributed by atoms with E-state index in [9.17, 15) is 4.79 Å². The van der Waals surface area contributed by atoms with Crippen LogP contribution in [0.4, 0.5) is 5.69 Å². The third kappa shape index (κ3) is 5.81. The summed E-state index contributed by atoms with van der Waals surface area (Å²) in [6.07, 6.45) is 0. The molecule has 31 heavy (non-hydrogen) atoms. The predicted octanol–water partition coefficient (Wildman–Crippen LogP) is 4.87. The van der Waals surface area contributed by atoms with Crippen molar-refractivity contribution in [3.63, 3.8) is 0 Å². The van der Waals surface area contributed by atoms with Crippen LogP contribution in [0.2, 0.25) is 0 Å². The van der Waals surface area contributed by atoms with E-state index in [0.29, 0.717) is 5.56 Å². The van der Waals surface area contributed by atoms with Gasteiger partial charge < -0.3 is 5.32 Å². The SMILES string of the molecule is Cc1ccc(NC(=O)c2ccc(CN3CCN(Cc4ccccc4)CC3)cc2)c(C)c1. The number of amides is 1. The average Bonchev–Trinajstić information content (AvgIpc) is 2.78. The zero-order valence-corrected chi connectivity index (χ0v) is 18.5. The van der Waals surface area contributed by atoms with Crippen molar-refractivity contribution in [1.29, 1.82) is 0 Å². The van der Waals surface area contributed by atoms with E-state index in [-0.39, 0.29) is 5.91 Å². The van der Waals surface area contributed by atoms with Crippen molar-refractivity contribution in [3.8, 4) is 0 Å². The van der Waals surface area contributed by atoms with Crippen LogP contribution >= 0.6 is 0 Å².